The van der Waals surface area contributed by atoms with E-state index in [1.165, 1.54) is 18.2 Å². The molecule has 2 aromatic rings. The number of methoxy groups -OCH3 is 1. The molecule has 0 amide bonds. The molecular weight excluding hydrogens is 430 g/mol. The molecule has 0 radical (unpaired) electrons. The lowest BCUT2D eigenvalue weighted by Gasteiger charge is -2.35. The number of primary sulfonamides is 1. The van der Waals surface area contributed by atoms with E-state index in [0.29, 0.717) is 32.1 Å². The average Bonchev–Trinajstić information content (AvgIpc) is 2.74. The Morgan fingerprint density at radius 1 is 1.07 bits per heavy atom. The molecule has 0 spiro atoms. The van der Waals surface area contributed by atoms with Gasteiger partial charge in [-0.2, -0.15) is 0 Å². The van der Waals surface area contributed by atoms with Gasteiger partial charge in [0.25, 0.3) is 0 Å². The third-order valence-electron chi connectivity index (χ3n) is 4.90. The van der Waals surface area contributed by atoms with Crippen LogP contribution in [-0.2, 0) is 24.8 Å². The third kappa shape index (κ3) is 5.56. The Hall–Kier alpha value is -2.02. The Labute approximate surface area is 176 Å². The van der Waals surface area contributed by atoms with E-state index in [0.717, 1.165) is 11.6 Å². The molecule has 11 heteroatoms. The molecule has 3 N–H and O–H groups in total. The highest BCUT2D eigenvalue weighted by Crippen LogP contribution is 2.24. The Morgan fingerprint density at radius 3 is 2.30 bits per heavy atom. The smallest absolute Gasteiger partial charge is 0.240 e. The van der Waals surface area contributed by atoms with Gasteiger partial charge in [0, 0.05) is 25.7 Å². The maximum atomic E-state index is 12.8. The first-order valence-electron chi connectivity index (χ1n) is 9.29. The van der Waals surface area contributed by atoms with E-state index in [-0.39, 0.29) is 22.4 Å². The number of nitrogens with two attached hydrogens (primary N) is 1. The van der Waals surface area contributed by atoms with Crippen LogP contribution in [-0.4, -0.2) is 61.7 Å². The number of hydrogen-bond acceptors (Lipinski definition) is 7. The maximum Gasteiger partial charge on any atom is 0.240 e. The van der Waals surface area contributed by atoms with Crippen molar-refractivity contribution in [1.29, 1.82) is 0 Å². The molecule has 0 aromatic heterocycles. The number of morpholine rings is 1. The lowest BCUT2D eigenvalue weighted by molar-refractivity contribution is 0.0172. The van der Waals surface area contributed by atoms with Crippen LogP contribution in [0, 0.1) is 0 Å². The van der Waals surface area contributed by atoms with Crippen molar-refractivity contribution in [2.24, 2.45) is 5.14 Å². The van der Waals surface area contributed by atoms with Crippen LogP contribution in [0.25, 0.3) is 0 Å². The number of benzene rings is 2. The van der Waals surface area contributed by atoms with Gasteiger partial charge in [-0.1, -0.05) is 18.2 Å². The third-order valence-corrected chi connectivity index (χ3v) is 7.23. The summed E-state index contributed by atoms with van der Waals surface area (Å²) in [6, 6.07) is 12.2. The van der Waals surface area contributed by atoms with Crippen molar-refractivity contribution < 1.29 is 26.3 Å². The zero-order valence-electron chi connectivity index (χ0n) is 16.5. The minimum atomic E-state index is -4.01. The van der Waals surface area contributed by atoms with Gasteiger partial charge in [0.1, 0.15) is 5.75 Å². The standard InChI is InChI=1S/C19H25N3O6S2/c1-27-16-7-5-15(6-8-16)19(22-9-11-28-12-10-22)14-21-30(25,26)18-4-2-3-17(13-18)29(20,23)24/h2-8,13,19,21H,9-12,14H2,1H3,(H2,20,23,24). The summed E-state index contributed by atoms with van der Waals surface area (Å²) in [5.74, 6) is 0.708. The molecular formula is C19H25N3O6S2. The lowest BCUT2D eigenvalue weighted by atomic mass is 10.0. The van der Waals surface area contributed by atoms with Crippen molar-refractivity contribution in [3.05, 3.63) is 54.1 Å². The Morgan fingerprint density at radius 2 is 1.70 bits per heavy atom. The first-order valence-corrected chi connectivity index (χ1v) is 12.3. The molecule has 2 aromatic carbocycles. The van der Waals surface area contributed by atoms with E-state index in [9.17, 15) is 16.8 Å². The topological polar surface area (TPSA) is 128 Å². The van der Waals surface area contributed by atoms with Gasteiger partial charge in [-0.25, -0.2) is 26.7 Å². The first-order chi connectivity index (χ1) is 14.2. The largest absolute Gasteiger partial charge is 0.497 e. The molecule has 3 rings (SSSR count). The highest BCUT2D eigenvalue weighted by atomic mass is 32.2. The summed E-state index contributed by atoms with van der Waals surface area (Å²) in [7, 11) is -6.38. The molecule has 1 atom stereocenters. The second-order valence-corrected chi connectivity index (χ2v) is 10.1. The van der Waals surface area contributed by atoms with Crippen molar-refractivity contribution in [3.63, 3.8) is 0 Å². The number of hydrogen-bond donors (Lipinski definition) is 2. The van der Waals surface area contributed by atoms with Crippen LogP contribution in [0.4, 0.5) is 0 Å². The molecule has 30 heavy (non-hydrogen) atoms. The highest BCUT2D eigenvalue weighted by molar-refractivity contribution is 7.90. The molecule has 1 aliphatic heterocycles. The summed E-state index contributed by atoms with van der Waals surface area (Å²) in [5.41, 5.74) is 0.929. The van der Waals surface area contributed by atoms with Crippen LogP contribution >= 0.6 is 0 Å². The van der Waals surface area contributed by atoms with E-state index >= 15 is 0 Å². The van der Waals surface area contributed by atoms with E-state index in [1.807, 2.05) is 24.3 Å². The molecule has 1 fully saturated rings. The fourth-order valence-corrected chi connectivity index (χ4v) is 4.98. The highest BCUT2D eigenvalue weighted by Gasteiger charge is 2.25. The quantitative estimate of drug-likeness (QED) is 0.599. The first kappa shape index (κ1) is 22.7. The second-order valence-electron chi connectivity index (χ2n) is 6.81. The normalized spacial score (nSPS) is 16.9. The number of sulfonamides is 2. The van der Waals surface area contributed by atoms with E-state index in [4.69, 9.17) is 14.6 Å². The molecule has 1 aliphatic rings. The fourth-order valence-electron chi connectivity index (χ4n) is 3.26. The van der Waals surface area contributed by atoms with Gasteiger partial charge in [0.2, 0.25) is 20.0 Å². The van der Waals surface area contributed by atoms with Gasteiger partial charge in [0.15, 0.2) is 0 Å². The molecule has 1 saturated heterocycles. The van der Waals surface area contributed by atoms with Crippen LogP contribution in [0.2, 0.25) is 0 Å². The molecule has 0 saturated carbocycles. The molecule has 0 aliphatic carbocycles. The van der Waals surface area contributed by atoms with Gasteiger partial charge in [-0.05, 0) is 35.9 Å². The van der Waals surface area contributed by atoms with Crippen LogP contribution in [0.15, 0.2) is 58.3 Å². The van der Waals surface area contributed by atoms with E-state index in [1.54, 1.807) is 7.11 Å². The summed E-state index contributed by atoms with van der Waals surface area (Å²) in [6.45, 7) is 2.57. The number of ether oxygens (including phenoxy) is 2. The van der Waals surface area contributed by atoms with Crippen LogP contribution < -0.4 is 14.6 Å². The zero-order chi connectivity index (χ0) is 21.8. The maximum absolute atomic E-state index is 12.8. The minimum absolute atomic E-state index is 0.105. The zero-order valence-corrected chi connectivity index (χ0v) is 18.2. The SMILES string of the molecule is COc1ccc(C(CNS(=O)(=O)c2cccc(S(N)(=O)=O)c2)N2CCOCC2)cc1. The van der Waals surface area contributed by atoms with Crippen molar-refractivity contribution in [2.75, 3.05) is 40.0 Å². The van der Waals surface area contributed by atoms with Crippen molar-refractivity contribution in [2.45, 2.75) is 15.8 Å². The van der Waals surface area contributed by atoms with Crippen molar-refractivity contribution in [3.8, 4) is 5.75 Å². The van der Waals surface area contributed by atoms with Crippen LogP contribution in [0.3, 0.4) is 0 Å². The summed E-state index contributed by atoms with van der Waals surface area (Å²) in [5, 5.41) is 5.12. The van der Waals surface area contributed by atoms with Gasteiger partial charge in [0.05, 0.1) is 30.1 Å². The summed E-state index contributed by atoms with van der Waals surface area (Å²) < 4.78 is 62.0. The van der Waals surface area contributed by atoms with Crippen LogP contribution in [0.1, 0.15) is 11.6 Å². The molecule has 164 valence electrons. The minimum Gasteiger partial charge on any atom is -0.497 e. The monoisotopic (exact) mass is 455 g/mol. The van der Waals surface area contributed by atoms with E-state index in [2.05, 4.69) is 9.62 Å². The molecule has 1 unspecified atom stereocenters. The number of rotatable bonds is 8. The van der Waals surface area contributed by atoms with Gasteiger partial charge >= 0.3 is 0 Å². The Balaban J connectivity index is 1.83. The van der Waals surface area contributed by atoms with Crippen molar-refractivity contribution in [1.82, 2.24) is 9.62 Å². The van der Waals surface area contributed by atoms with E-state index < -0.39 is 20.0 Å². The molecule has 9 nitrogen and oxygen atoms in total. The Kier molecular flexibility index (Phi) is 7.11. The lowest BCUT2D eigenvalue weighted by Crippen LogP contribution is -2.43. The van der Waals surface area contributed by atoms with Crippen molar-refractivity contribution >= 4 is 20.0 Å². The number of nitrogens with zero attached hydrogens (tertiary/aromatic N) is 1. The Bertz CT molecular complexity index is 1070. The predicted molar refractivity (Wildman–Crippen MR) is 111 cm³/mol. The van der Waals surface area contributed by atoms with Crippen LogP contribution in [0.5, 0.6) is 5.75 Å². The predicted octanol–water partition coefficient (Wildman–Crippen LogP) is 0.694. The summed E-state index contributed by atoms with van der Waals surface area (Å²) in [4.78, 5) is 1.73. The summed E-state index contributed by atoms with van der Waals surface area (Å²) in [6.07, 6.45) is 0. The average molecular weight is 456 g/mol. The van der Waals surface area contributed by atoms with Gasteiger partial charge in [-0.15, -0.1) is 0 Å². The van der Waals surface area contributed by atoms with Gasteiger partial charge in [-0.3, -0.25) is 4.90 Å². The molecule has 0 bridgehead atoms. The molecule has 1 heterocycles. The fraction of sp³-hybridized carbons (Fsp3) is 0.368. The van der Waals surface area contributed by atoms with Gasteiger partial charge < -0.3 is 9.47 Å². The summed E-state index contributed by atoms with van der Waals surface area (Å²) >= 11 is 0. The number of nitrogens with one attached hydrogen (secondary N) is 1. The second kappa shape index (κ2) is 9.41.